The lowest BCUT2D eigenvalue weighted by Gasteiger charge is -2.09. The molecule has 3 aromatic heterocycles. The molecule has 1 N–H and O–H groups in total. The third-order valence-corrected chi connectivity index (χ3v) is 5.16. The highest BCUT2D eigenvalue weighted by atomic mass is 32.1. The van der Waals surface area contributed by atoms with Gasteiger partial charge in [0.1, 0.15) is 21.0 Å². The Kier molecular flexibility index (Phi) is 3.28. The minimum Gasteiger partial charge on any atom is -0.508 e. The highest BCUT2D eigenvalue weighted by Crippen LogP contribution is 2.36. The number of phenolic OH excluding ortho intramolecular Hbond substituents is 1. The molecule has 4 aromatic rings. The third-order valence-electron chi connectivity index (χ3n) is 4.05. The number of aromatic hydroxyl groups is 1. The van der Waals surface area contributed by atoms with E-state index in [1.807, 2.05) is 13.0 Å². The molecule has 4 rings (SSSR count). The first kappa shape index (κ1) is 14.7. The number of hydrogen-bond donors (Lipinski definition) is 1. The van der Waals surface area contributed by atoms with E-state index in [0.29, 0.717) is 10.4 Å². The van der Waals surface area contributed by atoms with Crippen LogP contribution in [0.1, 0.15) is 5.56 Å². The normalized spacial score (nSPS) is 11.2. The number of ether oxygens (including phenoxy) is 1. The molecule has 0 spiro atoms. The minimum absolute atomic E-state index is 0.105. The van der Waals surface area contributed by atoms with Gasteiger partial charge in [0.2, 0.25) is 0 Å². The monoisotopic (exact) mass is 338 g/mol. The van der Waals surface area contributed by atoms with Crippen molar-refractivity contribution in [3.63, 3.8) is 0 Å². The summed E-state index contributed by atoms with van der Waals surface area (Å²) in [4.78, 5) is 18.1. The zero-order valence-corrected chi connectivity index (χ0v) is 13.9. The van der Waals surface area contributed by atoms with Crippen molar-refractivity contribution in [3.05, 3.63) is 58.6 Å². The second-order valence-electron chi connectivity index (χ2n) is 5.50. The van der Waals surface area contributed by atoms with E-state index in [4.69, 9.17) is 4.74 Å². The highest BCUT2D eigenvalue weighted by molar-refractivity contribution is 7.25. The van der Waals surface area contributed by atoms with Crippen LogP contribution in [0, 0.1) is 6.92 Å². The molecule has 0 amide bonds. The molecular formula is C18H14N2O3S. The van der Waals surface area contributed by atoms with E-state index in [0.717, 1.165) is 26.9 Å². The summed E-state index contributed by atoms with van der Waals surface area (Å²) in [6, 6.07) is 8.66. The van der Waals surface area contributed by atoms with Crippen LogP contribution >= 0.6 is 11.3 Å². The standard InChI is InChI=1S/C18H14N2O3S/c1-10-9-11(21)3-4-13(10)20-8-6-12-15-14(23-2)5-7-19-17(15)24-16(12)18(20)22/h3-9,21H,1-2H3. The summed E-state index contributed by atoms with van der Waals surface area (Å²) in [5, 5.41) is 11.3. The SMILES string of the molecule is COc1ccnc2sc3c(=O)n(-c4ccc(O)cc4C)ccc3c12. The van der Waals surface area contributed by atoms with Gasteiger partial charge in [0.25, 0.3) is 5.56 Å². The summed E-state index contributed by atoms with van der Waals surface area (Å²) >= 11 is 1.36. The van der Waals surface area contributed by atoms with Gasteiger partial charge in [0, 0.05) is 17.8 Å². The van der Waals surface area contributed by atoms with E-state index in [1.54, 1.807) is 48.3 Å². The lowest BCUT2D eigenvalue weighted by molar-refractivity contribution is 0.420. The number of nitrogens with zero attached hydrogens (tertiary/aromatic N) is 2. The van der Waals surface area contributed by atoms with Crippen LogP contribution in [0.25, 0.3) is 26.0 Å². The maximum atomic E-state index is 13.0. The fourth-order valence-electron chi connectivity index (χ4n) is 2.93. The van der Waals surface area contributed by atoms with E-state index < -0.39 is 0 Å². The zero-order valence-electron chi connectivity index (χ0n) is 13.1. The highest BCUT2D eigenvalue weighted by Gasteiger charge is 2.15. The zero-order chi connectivity index (χ0) is 16.8. The van der Waals surface area contributed by atoms with Gasteiger partial charge in [0.05, 0.1) is 18.2 Å². The Morgan fingerprint density at radius 1 is 1.25 bits per heavy atom. The minimum atomic E-state index is -0.105. The van der Waals surface area contributed by atoms with Crippen molar-refractivity contribution in [2.75, 3.05) is 7.11 Å². The lowest BCUT2D eigenvalue weighted by Crippen LogP contribution is -2.17. The molecule has 6 heteroatoms. The Labute approximate surface area is 141 Å². The van der Waals surface area contributed by atoms with Crippen LogP contribution in [-0.2, 0) is 0 Å². The molecule has 0 aliphatic carbocycles. The van der Waals surface area contributed by atoms with Crippen molar-refractivity contribution in [2.24, 2.45) is 0 Å². The number of benzene rings is 1. The predicted molar refractivity (Wildman–Crippen MR) is 95.7 cm³/mol. The topological polar surface area (TPSA) is 64.3 Å². The lowest BCUT2D eigenvalue weighted by atomic mass is 10.1. The van der Waals surface area contributed by atoms with Crippen molar-refractivity contribution in [2.45, 2.75) is 6.92 Å². The summed E-state index contributed by atoms with van der Waals surface area (Å²) in [6.45, 7) is 1.86. The number of phenols is 1. The molecule has 0 atom stereocenters. The third kappa shape index (κ3) is 2.07. The van der Waals surface area contributed by atoms with Gasteiger partial charge < -0.3 is 9.84 Å². The van der Waals surface area contributed by atoms with Gasteiger partial charge in [-0.1, -0.05) is 0 Å². The Morgan fingerprint density at radius 3 is 2.83 bits per heavy atom. The molecule has 0 fully saturated rings. The number of thiophene rings is 1. The predicted octanol–water partition coefficient (Wildman–Crippen LogP) is 3.62. The van der Waals surface area contributed by atoms with Crippen molar-refractivity contribution in [1.82, 2.24) is 9.55 Å². The van der Waals surface area contributed by atoms with Gasteiger partial charge in [-0.05, 0) is 42.8 Å². The Balaban J connectivity index is 2.06. The van der Waals surface area contributed by atoms with E-state index in [2.05, 4.69) is 4.98 Å². The van der Waals surface area contributed by atoms with Crippen LogP contribution in [0.2, 0.25) is 0 Å². The number of hydrogen-bond acceptors (Lipinski definition) is 5. The number of aromatic nitrogens is 2. The first-order chi connectivity index (χ1) is 11.6. The van der Waals surface area contributed by atoms with Gasteiger partial charge in [-0.15, -0.1) is 11.3 Å². The van der Waals surface area contributed by atoms with Crippen molar-refractivity contribution >= 4 is 31.6 Å². The van der Waals surface area contributed by atoms with Crippen molar-refractivity contribution < 1.29 is 9.84 Å². The number of rotatable bonds is 2. The quantitative estimate of drug-likeness (QED) is 0.606. The van der Waals surface area contributed by atoms with Crippen LogP contribution < -0.4 is 10.3 Å². The average Bonchev–Trinajstić information content (AvgIpc) is 2.96. The Bertz CT molecular complexity index is 1140. The van der Waals surface area contributed by atoms with Gasteiger partial charge >= 0.3 is 0 Å². The molecule has 5 nitrogen and oxygen atoms in total. The van der Waals surface area contributed by atoms with E-state index >= 15 is 0 Å². The molecule has 0 radical (unpaired) electrons. The smallest absolute Gasteiger partial charge is 0.273 e. The fraction of sp³-hybridized carbons (Fsp3) is 0.111. The van der Waals surface area contributed by atoms with Crippen LogP contribution in [0.15, 0.2) is 47.5 Å². The molecule has 3 heterocycles. The molecular weight excluding hydrogens is 324 g/mol. The second kappa shape index (κ2) is 5.35. The molecule has 0 aliphatic heterocycles. The van der Waals surface area contributed by atoms with Gasteiger partial charge in [-0.3, -0.25) is 9.36 Å². The van der Waals surface area contributed by atoms with Crippen LogP contribution in [0.3, 0.4) is 0 Å². The Hall–Kier alpha value is -2.86. The molecule has 0 saturated heterocycles. The first-order valence-corrected chi connectivity index (χ1v) is 8.18. The second-order valence-corrected chi connectivity index (χ2v) is 6.50. The summed E-state index contributed by atoms with van der Waals surface area (Å²) in [7, 11) is 1.61. The van der Waals surface area contributed by atoms with Gasteiger partial charge in [-0.25, -0.2) is 4.98 Å². The van der Waals surface area contributed by atoms with Crippen LogP contribution in [0.4, 0.5) is 0 Å². The van der Waals surface area contributed by atoms with Crippen molar-refractivity contribution in [1.29, 1.82) is 0 Å². The molecule has 0 unspecified atom stereocenters. The molecule has 0 aliphatic rings. The van der Waals surface area contributed by atoms with Crippen LogP contribution in [-0.4, -0.2) is 21.8 Å². The summed E-state index contributed by atoms with van der Waals surface area (Å²) in [5.74, 6) is 0.894. The number of fused-ring (bicyclic) bond motifs is 3. The molecule has 24 heavy (non-hydrogen) atoms. The summed E-state index contributed by atoms with van der Waals surface area (Å²) in [5.41, 5.74) is 1.47. The molecule has 0 saturated carbocycles. The van der Waals surface area contributed by atoms with Crippen LogP contribution in [0.5, 0.6) is 11.5 Å². The van der Waals surface area contributed by atoms with Crippen molar-refractivity contribution in [3.8, 4) is 17.2 Å². The number of methoxy groups -OCH3 is 1. The molecule has 0 bridgehead atoms. The Morgan fingerprint density at radius 2 is 2.08 bits per heavy atom. The largest absolute Gasteiger partial charge is 0.508 e. The van der Waals surface area contributed by atoms with E-state index in [-0.39, 0.29) is 11.3 Å². The van der Waals surface area contributed by atoms with E-state index in [9.17, 15) is 9.90 Å². The molecule has 120 valence electrons. The van der Waals surface area contributed by atoms with Gasteiger partial charge in [0.15, 0.2) is 0 Å². The number of aryl methyl sites for hydroxylation is 1. The summed E-state index contributed by atoms with van der Waals surface area (Å²) in [6.07, 6.45) is 3.43. The first-order valence-electron chi connectivity index (χ1n) is 7.37. The van der Waals surface area contributed by atoms with E-state index in [1.165, 1.54) is 11.3 Å². The maximum Gasteiger partial charge on any atom is 0.273 e. The average molecular weight is 338 g/mol. The maximum absolute atomic E-state index is 13.0. The molecule has 1 aromatic carbocycles. The van der Waals surface area contributed by atoms with Gasteiger partial charge in [-0.2, -0.15) is 0 Å². The summed E-state index contributed by atoms with van der Waals surface area (Å²) < 4.78 is 7.64. The fourth-order valence-corrected chi connectivity index (χ4v) is 4.02. The number of pyridine rings is 2.